The zero-order valence-electron chi connectivity index (χ0n) is 24.6. The highest BCUT2D eigenvalue weighted by Gasteiger charge is 2.30. The van der Waals surface area contributed by atoms with E-state index in [2.05, 4.69) is 16.0 Å². The third-order valence-electron chi connectivity index (χ3n) is 7.07. The molecule has 1 fully saturated rings. The molecular formula is C31H42N4O7. The largest absolute Gasteiger partial charge is 0.469 e. The lowest BCUT2D eigenvalue weighted by atomic mass is 10.1. The molecule has 3 atom stereocenters. The average Bonchev–Trinajstić information content (AvgIpc) is 3.56. The van der Waals surface area contributed by atoms with Crippen molar-refractivity contribution in [3.05, 3.63) is 60.2 Å². The maximum absolute atomic E-state index is 13.5. The normalized spacial score (nSPS) is 15.6. The lowest BCUT2D eigenvalue weighted by Gasteiger charge is -2.29. The Morgan fingerprint density at radius 2 is 1.67 bits per heavy atom. The minimum Gasteiger partial charge on any atom is -0.469 e. The molecule has 1 saturated heterocycles. The Balaban J connectivity index is 1.66. The molecule has 11 heteroatoms. The Labute approximate surface area is 247 Å². The Bertz CT molecular complexity index is 1150. The first-order valence-electron chi connectivity index (χ1n) is 14.4. The summed E-state index contributed by atoms with van der Waals surface area (Å²) in [6, 6.07) is 14.9. The van der Waals surface area contributed by atoms with Crippen LogP contribution in [0.2, 0.25) is 0 Å². The fraction of sp³-hybridized carbons (Fsp3) is 0.484. The van der Waals surface area contributed by atoms with Crippen molar-refractivity contribution in [1.29, 1.82) is 0 Å². The topological polar surface area (TPSA) is 135 Å². The van der Waals surface area contributed by atoms with Gasteiger partial charge in [0.05, 0.1) is 26.2 Å². The van der Waals surface area contributed by atoms with Crippen LogP contribution in [0.4, 0.5) is 4.79 Å². The molecule has 0 spiro atoms. The summed E-state index contributed by atoms with van der Waals surface area (Å²) in [7, 11) is 2.54. The second-order valence-corrected chi connectivity index (χ2v) is 10.2. The van der Waals surface area contributed by atoms with E-state index in [1.54, 1.807) is 12.1 Å². The second-order valence-electron chi connectivity index (χ2n) is 10.2. The number of nitrogens with one attached hydrogen (secondary N) is 3. The molecule has 11 nitrogen and oxygen atoms in total. The van der Waals surface area contributed by atoms with Crippen molar-refractivity contribution in [3.63, 3.8) is 0 Å². The standard InChI is InChI=1S/C31H42N4O7/c1-4-5-18-35(21-23(29(37)40-2)20-33-28(36)26-12-9-17-32-26)31(39)34-27(30(38)41-3)19-22-13-15-25(16-14-22)42-24-10-7-6-8-11-24/h6-8,10-11,13-16,23,26-27,32H,4-5,9,12,17-21H2,1-3H3,(H,33,36)(H,34,39)/t23-,26+,27+/m1/s1. The van der Waals surface area contributed by atoms with Gasteiger partial charge >= 0.3 is 18.0 Å². The molecule has 3 N–H and O–H groups in total. The van der Waals surface area contributed by atoms with Crippen LogP contribution in [-0.2, 0) is 30.3 Å². The number of carbonyl (C=O) groups excluding carboxylic acids is 4. The van der Waals surface area contributed by atoms with E-state index in [-0.39, 0.29) is 31.5 Å². The number of ether oxygens (including phenoxy) is 3. The van der Waals surface area contributed by atoms with Gasteiger partial charge in [-0.15, -0.1) is 0 Å². The highest BCUT2D eigenvalue weighted by Crippen LogP contribution is 2.21. The molecule has 1 aliphatic rings. The summed E-state index contributed by atoms with van der Waals surface area (Å²) in [6.45, 7) is 3.16. The van der Waals surface area contributed by atoms with Crippen LogP contribution in [0.25, 0.3) is 0 Å². The van der Waals surface area contributed by atoms with Crippen LogP contribution in [0, 0.1) is 5.92 Å². The number of benzene rings is 2. The first kappa shape index (κ1) is 32.4. The molecule has 0 radical (unpaired) electrons. The first-order chi connectivity index (χ1) is 20.3. The van der Waals surface area contributed by atoms with Crippen molar-refractivity contribution in [1.82, 2.24) is 20.9 Å². The summed E-state index contributed by atoms with van der Waals surface area (Å²) < 4.78 is 15.8. The Morgan fingerprint density at radius 3 is 2.29 bits per heavy atom. The van der Waals surface area contributed by atoms with E-state index in [1.165, 1.54) is 19.1 Å². The molecule has 228 valence electrons. The maximum Gasteiger partial charge on any atom is 0.328 e. The van der Waals surface area contributed by atoms with E-state index in [0.29, 0.717) is 24.5 Å². The van der Waals surface area contributed by atoms with Crippen molar-refractivity contribution in [2.24, 2.45) is 5.92 Å². The van der Waals surface area contributed by atoms with Crippen molar-refractivity contribution in [2.75, 3.05) is 40.4 Å². The first-order valence-corrected chi connectivity index (χ1v) is 14.4. The lowest BCUT2D eigenvalue weighted by Crippen LogP contribution is -2.52. The van der Waals surface area contributed by atoms with Gasteiger partial charge in [-0.3, -0.25) is 9.59 Å². The average molecular weight is 583 g/mol. The van der Waals surface area contributed by atoms with E-state index < -0.39 is 29.9 Å². The van der Waals surface area contributed by atoms with Crippen LogP contribution in [0.1, 0.15) is 38.2 Å². The minimum absolute atomic E-state index is 0.0102. The number of urea groups is 1. The van der Waals surface area contributed by atoms with Gasteiger partial charge in [0.25, 0.3) is 0 Å². The highest BCUT2D eigenvalue weighted by atomic mass is 16.5. The van der Waals surface area contributed by atoms with Gasteiger partial charge in [-0.25, -0.2) is 9.59 Å². The predicted molar refractivity (Wildman–Crippen MR) is 157 cm³/mol. The van der Waals surface area contributed by atoms with Gasteiger partial charge in [-0.05, 0) is 55.6 Å². The fourth-order valence-corrected chi connectivity index (χ4v) is 4.66. The molecule has 1 heterocycles. The van der Waals surface area contributed by atoms with Crippen LogP contribution in [-0.4, -0.2) is 81.3 Å². The van der Waals surface area contributed by atoms with Gasteiger partial charge in [0, 0.05) is 26.1 Å². The van der Waals surface area contributed by atoms with Crippen LogP contribution in [0.3, 0.4) is 0 Å². The zero-order chi connectivity index (χ0) is 30.3. The van der Waals surface area contributed by atoms with Gasteiger partial charge in [0.1, 0.15) is 17.5 Å². The molecule has 42 heavy (non-hydrogen) atoms. The van der Waals surface area contributed by atoms with E-state index in [0.717, 1.165) is 31.4 Å². The summed E-state index contributed by atoms with van der Waals surface area (Å²) in [5.74, 6) is -0.750. The SMILES string of the molecule is CCCCN(C[C@@H](CNC(=O)[C@@H]1CCCN1)C(=O)OC)C(=O)N[C@@H](Cc1ccc(Oc2ccccc2)cc1)C(=O)OC. The molecule has 0 bridgehead atoms. The van der Waals surface area contributed by atoms with E-state index in [4.69, 9.17) is 14.2 Å². The number of amides is 3. The molecule has 0 unspecified atom stereocenters. The molecule has 3 rings (SSSR count). The highest BCUT2D eigenvalue weighted by molar-refractivity contribution is 5.85. The quantitative estimate of drug-likeness (QED) is 0.273. The number of carbonyl (C=O) groups is 4. The summed E-state index contributed by atoms with van der Waals surface area (Å²) in [4.78, 5) is 52.7. The summed E-state index contributed by atoms with van der Waals surface area (Å²) >= 11 is 0. The van der Waals surface area contributed by atoms with Crippen LogP contribution in [0.5, 0.6) is 11.5 Å². The number of methoxy groups -OCH3 is 2. The van der Waals surface area contributed by atoms with Crippen molar-refractivity contribution >= 4 is 23.9 Å². The van der Waals surface area contributed by atoms with E-state index in [9.17, 15) is 19.2 Å². The van der Waals surface area contributed by atoms with Gasteiger partial charge < -0.3 is 35.1 Å². The molecule has 2 aromatic rings. The van der Waals surface area contributed by atoms with E-state index in [1.807, 2.05) is 49.4 Å². The Kier molecular flexibility index (Phi) is 13.1. The summed E-state index contributed by atoms with van der Waals surface area (Å²) in [5.41, 5.74) is 0.793. The number of hydrogen-bond acceptors (Lipinski definition) is 8. The maximum atomic E-state index is 13.5. The van der Waals surface area contributed by atoms with Crippen molar-refractivity contribution in [2.45, 2.75) is 51.1 Å². The number of hydrogen-bond donors (Lipinski definition) is 3. The number of esters is 2. The van der Waals surface area contributed by atoms with Gasteiger partial charge in [-0.2, -0.15) is 0 Å². The lowest BCUT2D eigenvalue weighted by molar-refractivity contribution is -0.146. The van der Waals surface area contributed by atoms with E-state index >= 15 is 0 Å². The monoisotopic (exact) mass is 582 g/mol. The molecular weight excluding hydrogens is 540 g/mol. The Hall–Kier alpha value is -4.12. The molecule has 0 saturated carbocycles. The van der Waals surface area contributed by atoms with Gasteiger partial charge in [0.15, 0.2) is 0 Å². The third-order valence-corrected chi connectivity index (χ3v) is 7.07. The predicted octanol–water partition coefficient (Wildman–Crippen LogP) is 3.03. The summed E-state index contributed by atoms with van der Waals surface area (Å²) in [5, 5.41) is 8.73. The van der Waals surface area contributed by atoms with Gasteiger partial charge in [-0.1, -0.05) is 43.7 Å². The smallest absolute Gasteiger partial charge is 0.328 e. The third kappa shape index (κ3) is 10.1. The van der Waals surface area contributed by atoms with Crippen LogP contribution in [0.15, 0.2) is 54.6 Å². The van der Waals surface area contributed by atoms with Gasteiger partial charge in [0.2, 0.25) is 5.91 Å². The van der Waals surface area contributed by atoms with Crippen molar-refractivity contribution in [3.8, 4) is 11.5 Å². The fourth-order valence-electron chi connectivity index (χ4n) is 4.66. The number of rotatable bonds is 15. The molecule has 3 amide bonds. The molecule has 1 aliphatic heterocycles. The molecule has 2 aromatic carbocycles. The molecule has 0 aromatic heterocycles. The summed E-state index contributed by atoms with van der Waals surface area (Å²) in [6.07, 6.45) is 3.34. The van der Waals surface area contributed by atoms with Crippen LogP contribution >= 0.6 is 0 Å². The number of para-hydroxylation sites is 1. The Morgan fingerprint density at radius 1 is 0.976 bits per heavy atom. The zero-order valence-corrected chi connectivity index (χ0v) is 24.6. The minimum atomic E-state index is -0.961. The molecule has 0 aliphatic carbocycles. The second kappa shape index (κ2) is 17.0. The number of nitrogens with zero attached hydrogens (tertiary/aromatic N) is 1. The number of unbranched alkanes of at least 4 members (excludes halogenated alkanes) is 1. The van der Waals surface area contributed by atoms with Crippen LogP contribution < -0.4 is 20.7 Å². The van der Waals surface area contributed by atoms with Crippen molar-refractivity contribution < 1.29 is 33.4 Å².